The van der Waals surface area contributed by atoms with Crippen LogP contribution in [-0.2, 0) is 0 Å². The second-order valence-electron chi connectivity index (χ2n) is 5.64. The maximum atomic E-state index is 13.8. The van der Waals surface area contributed by atoms with Gasteiger partial charge in [0.25, 0.3) is 0 Å². The van der Waals surface area contributed by atoms with Crippen LogP contribution in [-0.4, -0.2) is 36.9 Å². The molecule has 2 aromatic rings. The minimum atomic E-state index is -0.176. The van der Waals surface area contributed by atoms with Crippen LogP contribution in [0.4, 0.5) is 10.1 Å². The highest BCUT2D eigenvalue weighted by Crippen LogP contribution is 2.20. The Morgan fingerprint density at radius 2 is 1.59 bits per heavy atom. The van der Waals surface area contributed by atoms with Crippen molar-refractivity contribution < 1.29 is 4.39 Å². The Bertz CT molecular complexity index is 658. The number of hydrogen-bond donors (Lipinski definition) is 1. The molecule has 1 heterocycles. The normalized spacial score (nSPS) is 15.0. The molecule has 1 aliphatic heterocycles. The van der Waals surface area contributed by atoms with Gasteiger partial charge in [0.05, 0.1) is 5.69 Å². The molecule has 0 aliphatic carbocycles. The molecule has 0 unspecified atom stereocenters. The van der Waals surface area contributed by atoms with E-state index in [4.69, 9.17) is 5.41 Å². The second-order valence-corrected chi connectivity index (χ2v) is 5.64. The molecule has 1 N–H and O–H groups in total. The Kier molecular flexibility index (Phi) is 4.09. The van der Waals surface area contributed by atoms with E-state index in [1.165, 1.54) is 11.6 Å². The molecule has 0 saturated carbocycles. The van der Waals surface area contributed by atoms with Crippen LogP contribution >= 0.6 is 0 Å². The predicted octanol–water partition coefficient (Wildman–Crippen LogP) is 3.28. The summed E-state index contributed by atoms with van der Waals surface area (Å²) in [4.78, 5) is 4.11. The first-order valence-electron chi connectivity index (χ1n) is 7.55. The SMILES string of the molecule is Cc1ccc(C(=N)N2CCN(c3ccccc3F)CC2)cc1. The number of rotatable bonds is 2. The molecule has 0 radical (unpaired) electrons. The summed E-state index contributed by atoms with van der Waals surface area (Å²) >= 11 is 0. The van der Waals surface area contributed by atoms with E-state index >= 15 is 0 Å². The minimum Gasteiger partial charge on any atom is -0.366 e. The Hall–Kier alpha value is -2.36. The smallest absolute Gasteiger partial charge is 0.146 e. The lowest BCUT2D eigenvalue weighted by atomic mass is 10.1. The first-order valence-corrected chi connectivity index (χ1v) is 7.55. The summed E-state index contributed by atoms with van der Waals surface area (Å²) in [6.45, 7) is 4.98. The fourth-order valence-electron chi connectivity index (χ4n) is 2.77. The third-order valence-corrected chi connectivity index (χ3v) is 4.11. The zero-order valence-corrected chi connectivity index (χ0v) is 12.7. The van der Waals surface area contributed by atoms with E-state index in [1.807, 2.05) is 48.2 Å². The number of halogens is 1. The van der Waals surface area contributed by atoms with Gasteiger partial charge in [0, 0.05) is 31.7 Å². The fraction of sp³-hybridized carbons (Fsp3) is 0.278. The molecule has 2 aromatic carbocycles. The molecule has 1 aliphatic rings. The van der Waals surface area contributed by atoms with Crippen molar-refractivity contribution in [2.24, 2.45) is 0 Å². The van der Waals surface area contributed by atoms with Gasteiger partial charge < -0.3 is 9.80 Å². The minimum absolute atomic E-state index is 0.176. The topological polar surface area (TPSA) is 30.3 Å². The van der Waals surface area contributed by atoms with Crippen LogP contribution in [0.25, 0.3) is 0 Å². The van der Waals surface area contributed by atoms with Crippen LogP contribution in [0.3, 0.4) is 0 Å². The molecular formula is C18H20FN3. The van der Waals surface area contributed by atoms with Gasteiger partial charge in [-0.1, -0.05) is 42.0 Å². The number of para-hydroxylation sites is 1. The van der Waals surface area contributed by atoms with Crippen molar-refractivity contribution in [2.75, 3.05) is 31.1 Å². The number of piperazine rings is 1. The van der Waals surface area contributed by atoms with Crippen LogP contribution in [0.1, 0.15) is 11.1 Å². The van der Waals surface area contributed by atoms with Gasteiger partial charge in [-0.3, -0.25) is 5.41 Å². The summed E-state index contributed by atoms with van der Waals surface area (Å²) < 4.78 is 13.8. The molecule has 1 saturated heterocycles. The van der Waals surface area contributed by atoms with Crippen LogP contribution in [0.15, 0.2) is 48.5 Å². The number of aryl methyl sites for hydroxylation is 1. The van der Waals surface area contributed by atoms with Crippen molar-refractivity contribution in [3.8, 4) is 0 Å². The highest BCUT2D eigenvalue weighted by molar-refractivity contribution is 5.96. The van der Waals surface area contributed by atoms with Crippen molar-refractivity contribution in [2.45, 2.75) is 6.92 Å². The van der Waals surface area contributed by atoms with Crippen LogP contribution in [0.5, 0.6) is 0 Å². The lowest BCUT2D eigenvalue weighted by molar-refractivity contribution is 0.382. The first kappa shape index (κ1) is 14.6. The number of hydrogen-bond acceptors (Lipinski definition) is 2. The zero-order valence-electron chi connectivity index (χ0n) is 12.7. The van der Waals surface area contributed by atoms with Gasteiger partial charge in [-0.05, 0) is 19.1 Å². The van der Waals surface area contributed by atoms with Gasteiger partial charge in [-0.25, -0.2) is 4.39 Å². The average Bonchev–Trinajstić information content (AvgIpc) is 2.56. The van der Waals surface area contributed by atoms with E-state index in [0.717, 1.165) is 31.7 Å². The van der Waals surface area contributed by atoms with Gasteiger partial charge in [0.1, 0.15) is 11.7 Å². The summed E-state index contributed by atoms with van der Waals surface area (Å²) in [6.07, 6.45) is 0. The fourth-order valence-corrected chi connectivity index (χ4v) is 2.77. The third-order valence-electron chi connectivity index (χ3n) is 4.11. The summed E-state index contributed by atoms with van der Waals surface area (Å²) in [7, 11) is 0. The van der Waals surface area contributed by atoms with Gasteiger partial charge in [-0.15, -0.1) is 0 Å². The van der Waals surface area contributed by atoms with E-state index in [9.17, 15) is 4.39 Å². The molecule has 4 heteroatoms. The summed E-state index contributed by atoms with van der Waals surface area (Å²) in [6, 6.07) is 14.9. The third kappa shape index (κ3) is 2.96. The monoisotopic (exact) mass is 297 g/mol. The summed E-state index contributed by atoms with van der Waals surface area (Å²) in [5.41, 5.74) is 2.79. The molecule has 0 bridgehead atoms. The van der Waals surface area contributed by atoms with E-state index in [-0.39, 0.29) is 5.82 Å². The molecule has 114 valence electrons. The predicted molar refractivity (Wildman–Crippen MR) is 88.2 cm³/mol. The number of nitrogens with zero attached hydrogens (tertiary/aromatic N) is 2. The Balaban J connectivity index is 1.65. The number of benzene rings is 2. The van der Waals surface area contributed by atoms with Crippen molar-refractivity contribution in [3.05, 3.63) is 65.5 Å². The van der Waals surface area contributed by atoms with Crippen molar-refractivity contribution >= 4 is 11.5 Å². The Morgan fingerprint density at radius 3 is 2.23 bits per heavy atom. The largest absolute Gasteiger partial charge is 0.366 e. The molecular weight excluding hydrogens is 277 g/mol. The van der Waals surface area contributed by atoms with Crippen molar-refractivity contribution in [1.29, 1.82) is 5.41 Å². The average molecular weight is 297 g/mol. The highest BCUT2D eigenvalue weighted by atomic mass is 19.1. The van der Waals surface area contributed by atoms with Gasteiger partial charge in [0.15, 0.2) is 0 Å². The first-order chi connectivity index (χ1) is 10.6. The maximum absolute atomic E-state index is 13.8. The Labute approximate surface area is 130 Å². The van der Waals surface area contributed by atoms with E-state index in [2.05, 4.69) is 4.90 Å². The maximum Gasteiger partial charge on any atom is 0.146 e. The number of nitrogens with one attached hydrogen (secondary N) is 1. The molecule has 3 nitrogen and oxygen atoms in total. The molecule has 0 aromatic heterocycles. The summed E-state index contributed by atoms with van der Waals surface area (Å²) in [5, 5.41) is 8.34. The van der Waals surface area contributed by atoms with E-state index in [1.54, 1.807) is 6.07 Å². The molecule has 3 rings (SSSR count). The van der Waals surface area contributed by atoms with Crippen LogP contribution in [0.2, 0.25) is 0 Å². The lowest BCUT2D eigenvalue weighted by Crippen LogP contribution is -2.49. The van der Waals surface area contributed by atoms with Crippen molar-refractivity contribution in [3.63, 3.8) is 0 Å². The lowest BCUT2D eigenvalue weighted by Gasteiger charge is -2.37. The molecule has 1 fully saturated rings. The van der Waals surface area contributed by atoms with Crippen LogP contribution < -0.4 is 4.90 Å². The van der Waals surface area contributed by atoms with Crippen LogP contribution in [0, 0.1) is 18.2 Å². The molecule has 0 amide bonds. The van der Waals surface area contributed by atoms with E-state index in [0.29, 0.717) is 11.5 Å². The molecule has 0 atom stereocenters. The van der Waals surface area contributed by atoms with Gasteiger partial charge in [-0.2, -0.15) is 0 Å². The second kappa shape index (κ2) is 6.18. The number of amidine groups is 1. The Morgan fingerprint density at radius 1 is 0.955 bits per heavy atom. The van der Waals surface area contributed by atoms with Gasteiger partial charge >= 0.3 is 0 Å². The number of anilines is 1. The quantitative estimate of drug-likeness (QED) is 0.681. The highest BCUT2D eigenvalue weighted by Gasteiger charge is 2.21. The zero-order chi connectivity index (χ0) is 15.5. The van der Waals surface area contributed by atoms with E-state index < -0.39 is 0 Å². The van der Waals surface area contributed by atoms with Gasteiger partial charge in [0.2, 0.25) is 0 Å². The standard InChI is InChI=1S/C18H20FN3/c1-14-6-8-15(9-7-14)18(20)22-12-10-21(11-13-22)17-5-3-2-4-16(17)19/h2-9,20H,10-13H2,1H3. The van der Waals surface area contributed by atoms with Crippen molar-refractivity contribution in [1.82, 2.24) is 4.90 Å². The summed E-state index contributed by atoms with van der Waals surface area (Å²) in [5.74, 6) is 0.373. The molecule has 22 heavy (non-hydrogen) atoms. The molecule has 0 spiro atoms.